The monoisotopic (exact) mass is 383 g/mol. The second kappa shape index (κ2) is 7.65. The van der Waals surface area contributed by atoms with Gasteiger partial charge in [-0.3, -0.25) is 14.5 Å². The highest BCUT2D eigenvalue weighted by atomic mass is 35.5. The van der Waals surface area contributed by atoms with Crippen LogP contribution >= 0.6 is 23.4 Å². The number of amides is 2. The molecule has 2 amide bonds. The van der Waals surface area contributed by atoms with Crippen molar-refractivity contribution >= 4 is 40.9 Å². The first-order valence-electron chi connectivity index (χ1n) is 7.75. The second-order valence-corrected chi connectivity index (χ2v) is 7.23. The molecule has 5 nitrogen and oxygen atoms in total. The van der Waals surface area contributed by atoms with Gasteiger partial charge in [-0.2, -0.15) is 5.26 Å². The van der Waals surface area contributed by atoms with Crippen molar-refractivity contribution in [2.45, 2.75) is 11.7 Å². The number of hydrogen-bond donors (Lipinski definition) is 1. The molecule has 3 rings (SSSR count). The van der Waals surface area contributed by atoms with Crippen molar-refractivity contribution in [2.24, 2.45) is 5.73 Å². The maximum Gasteiger partial charge on any atom is 0.262 e. The van der Waals surface area contributed by atoms with Crippen LogP contribution in [0.5, 0.6) is 0 Å². The number of carbonyl (C=O) groups is 2. The van der Waals surface area contributed by atoms with Crippen LogP contribution in [0.3, 0.4) is 0 Å². The van der Waals surface area contributed by atoms with E-state index in [1.54, 1.807) is 24.3 Å². The van der Waals surface area contributed by atoms with Crippen LogP contribution in [0.4, 0.5) is 5.69 Å². The van der Waals surface area contributed by atoms with E-state index in [0.29, 0.717) is 17.1 Å². The van der Waals surface area contributed by atoms with Gasteiger partial charge in [0.25, 0.3) is 5.91 Å². The molecule has 2 aromatic rings. The van der Waals surface area contributed by atoms with E-state index in [2.05, 4.69) is 0 Å². The normalized spacial score (nSPS) is 18.5. The van der Waals surface area contributed by atoms with Crippen LogP contribution in [0.1, 0.15) is 5.56 Å². The van der Waals surface area contributed by atoms with E-state index in [1.807, 2.05) is 36.4 Å². The van der Waals surface area contributed by atoms with E-state index in [4.69, 9.17) is 17.3 Å². The minimum Gasteiger partial charge on any atom is -0.365 e. The summed E-state index contributed by atoms with van der Waals surface area (Å²) in [5, 5.41) is 9.67. The lowest BCUT2D eigenvalue weighted by molar-refractivity contribution is -0.117. The Morgan fingerprint density at radius 2 is 1.85 bits per heavy atom. The van der Waals surface area contributed by atoms with Gasteiger partial charge in [0.1, 0.15) is 16.7 Å². The quantitative estimate of drug-likeness (QED) is 0.648. The fraction of sp³-hybridized carbons (Fsp3) is 0.105. The number of nitrogens with zero attached hydrogens (tertiary/aromatic N) is 2. The minimum absolute atomic E-state index is 0.204. The number of primary amides is 1. The number of nitriles is 1. The molecule has 0 aromatic heterocycles. The molecule has 0 radical (unpaired) electrons. The average molecular weight is 384 g/mol. The van der Waals surface area contributed by atoms with Gasteiger partial charge in [-0.25, -0.2) is 0 Å². The Kier molecular flexibility index (Phi) is 5.31. The van der Waals surface area contributed by atoms with E-state index in [9.17, 15) is 14.9 Å². The number of anilines is 1. The highest BCUT2D eigenvalue weighted by molar-refractivity contribution is 8.05. The molecule has 0 aliphatic carbocycles. The van der Waals surface area contributed by atoms with Crippen LogP contribution in [0.15, 0.2) is 65.2 Å². The highest BCUT2D eigenvalue weighted by Gasteiger charge is 2.40. The third-order valence-electron chi connectivity index (χ3n) is 3.87. The molecule has 1 saturated heterocycles. The Balaban J connectivity index is 2.03. The Bertz CT molecular complexity index is 920. The molecular formula is C19H14ClN3O2S. The Labute approximate surface area is 160 Å². The SMILES string of the molecule is N#CC(C(N)=O)=C1SC(Cc2ccccc2)C(=O)N1c1ccc(Cl)cc1. The number of benzene rings is 2. The van der Waals surface area contributed by atoms with Gasteiger partial charge >= 0.3 is 0 Å². The zero-order valence-electron chi connectivity index (χ0n) is 13.6. The number of halogens is 1. The van der Waals surface area contributed by atoms with Gasteiger partial charge in [-0.15, -0.1) is 0 Å². The summed E-state index contributed by atoms with van der Waals surface area (Å²) in [5.74, 6) is -1.06. The van der Waals surface area contributed by atoms with Gasteiger partial charge in [0.05, 0.1) is 5.25 Å². The van der Waals surface area contributed by atoms with Gasteiger partial charge in [0, 0.05) is 10.7 Å². The zero-order valence-corrected chi connectivity index (χ0v) is 15.1. The van der Waals surface area contributed by atoms with E-state index in [1.165, 1.54) is 16.7 Å². The molecule has 7 heteroatoms. The van der Waals surface area contributed by atoms with Gasteiger partial charge in [-0.1, -0.05) is 53.7 Å². The third-order valence-corrected chi connectivity index (χ3v) is 5.39. The van der Waals surface area contributed by atoms with E-state index < -0.39 is 11.2 Å². The number of hydrogen-bond acceptors (Lipinski definition) is 4. The fourth-order valence-corrected chi connectivity index (χ4v) is 4.10. The summed E-state index contributed by atoms with van der Waals surface area (Å²) in [6.07, 6.45) is 0.482. The van der Waals surface area contributed by atoms with Crippen LogP contribution in [0, 0.1) is 11.3 Å². The lowest BCUT2D eigenvalue weighted by atomic mass is 10.1. The van der Waals surface area contributed by atoms with Crippen molar-refractivity contribution < 1.29 is 9.59 Å². The third kappa shape index (κ3) is 3.59. The lowest BCUT2D eigenvalue weighted by Crippen LogP contribution is -2.31. The predicted octanol–water partition coefficient (Wildman–Crippen LogP) is 3.25. The summed E-state index contributed by atoms with van der Waals surface area (Å²) in [4.78, 5) is 26.1. The van der Waals surface area contributed by atoms with Crippen molar-refractivity contribution in [1.82, 2.24) is 0 Å². The molecule has 0 bridgehead atoms. The fourth-order valence-electron chi connectivity index (χ4n) is 2.65. The molecular weight excluding hydrogens is 370 g/mol. The number of carbonyl (C=O) groups excluding carboxylic acids is 2. The molecule has 0 spiro atoms. The van der Waals surface area contributed by atoms with Crippen LogP contribution in [0.2, 0.25) is 5.02 Å². The Hall–Kier alpha value is -2.75. The largest absolute Gasteiger partial charge is 0.365 e. The minimum atomic E-state index is -0.859. The van der Waals surface area contributed by atoms with Gasteiger partial charge < -0.3 is 5.73 Å². The molecule has 26 heavy (non-hydrogen) atoms. The highest BCUT2D eigenvalue weighted by Crippen LogP contribution is 2.41. The first-order chi connectivity index (χ1) is 12.5. The summed E-state index contributed by atoms with van der Waals surface area (Å²) in [7, 11) is 0. The number of nitrogens with two attached hydrogens (primary N) is 1. The van der Waals surface area contributed by atoms with Crippen LogP contribution in [0.25, 0.3) is 0 Å². The van der Waals surface area contributed by atoms with E-state index in [-0.39, 0.29) is 16.5 Å². The number of rotatable bonds is 4. The van der Waals surface area contributed by atoms with Crippen molar-refractivity contribution in [1.29, 1.82) is 5.26 Å². The second-order valence-electron chi connectivity index (χ2n) is 5.60. The molecule has 1 heterocycles. The summed E-state index contributed by atoms with van der Waals surface area (Å²) in [5.41, 5.74) is 6.64. The zero-order chi connectivity index (χ0) is 18.7. The topological polar surface area (TPSA) is 87.2 Å². The van der Waals surface area contributed by atoms with Gasteiger partial charge in [0.2, 0.25) is 5.91 Å². The Morgan fingerprint density at radius 1 is 1.19 bits per heavy atom. The molecule has 1 atom stereocenters. The maximum atomic E-state index is 13.0. The maximum absolute atomic E-state index is 13.0. The van der Waals surface area contributed by atoms with E-state index in [0.717, 1.165) is 5.56 Å². The summed E-state index contributed by atoms with van der Waals surface area (Å²) in [6, 6.07) is 18.0. The standard InChI is InChI=1S/C19H14ClN3O2S/c20-13-6-8-14(9-7-13)23-18(25)16(10-12-4-2-1-3-5-12)26-19(23)15(11-21)17(22)24/h1-9,16H,10H2,(H2,22,24). The van der Waals surface area contributed by atoms with Gasteiger partial charge in [-0.05, 0) is 36.2 Å². The summed E-state index contributed by atoms with van der Waals surface area (Å²) in [6.45, 7) is 0. The lowest BCUT2D eigenvalue weighted by Gasteiger charge is -2.18. The van der Waals surface area contributed by atoms with Crippen molar-refractivity contribution in [2.75, 3.05) is 4.90 Å². The predicted molar refractivity (Wildman–Crippen MR) is 102 cm³/mol. The van der Waals surface area contributed by atoms with Crippen LogP contribution in [-0.2, 0) is 16.0 Å². The van der Waals surface area contributed by atoms with Crippen LogP contribution < -0.4 is 10.6 Å². The molecule has 1 unspecified atom stereocenters. The first-order valence-corrected chi connectivity index (χ1v) is 9.01. The Morgan fingerprint density at radius 3 is 2.42 bits per heavy atom. The molecule has 2 N–H and O–H groups in total. The molecule has 2 aromatic carbocycles. The molecule has 0 saturated carbocycles. The van der Waals surface area contributed by atoms with Crippen molar-refractivity contribution in [3.63, 3.8) is 0 Å². The van der Waals surface area contributed by atoms with Gasteiger partial charge in [0.15, 0.2) is 0 Å². The summed E-state index contributed by atoms with van der Waals surface area (Å²) < 4.78 is 0. The smallest absolute Gasteiger partial charge is 0.262 e. The molecule has 1 aliphatic heterocycles. The summed E-state index contributed by atoms with van der Waals surface area (Å²) >= 11 is 7.10. The van der Waals surface area contributed by atoms with Crippen molar-refractivity contribution in [3.05, 3.63) is 75.8 Å². The van der Waals surface area contributed by atoms with Crippen LogP contribution in [-0.4, -0.2) is 17.1 Å². The number of thioether (sulfide) groups is 1. The van der Waals surface area contributed by atoms with Crippen molar-refractivity contribution in [3.8, 4) is 6.07 Å². The molecule has 130 valence electrons. The molecule has 1 fully saturated rings. The average Bonchev–Trinajstić information content (AvgIpc) is 2.93. The van der Waals surface area contributed by atoms with E-state index >= 15 is 0 Å². The molecule has 1 aliphatic rings. The first kappa shape index (κ1) is 18.1.